The zero-order valence-electron chi connectivity index (χ0n) is 16.5. The summed E-state index contributed by atoms with van der Waals surface area (Å²) in [4.78, 5) is 16.8. The van der Waals surface area contributed by atoms with E-state index < -0.39 is 5.91 Å². The second kappa shape index (κ2) is 10.3. The van der Waals surface area contributed by atoms with Crippen molar-refractivity contribution in [3.63, 3.8) is 0 Å². The number of hydrogen-bond donors (Lipinski definition) is 1. The molecule has 28 heavy (non-hydrogen) atoms. The topological polar surface area (TPSA) is 69.2 Å². The van der Waals surface area contributed by atoms with Crippen LogP contribution in [0.1, 0.15) is 25.0 Å². The minimum atomic E-state index is -0.435. The maximum Gasteiger partial charge on any atom is 0.265 e. The van der Waals surface area contributed by atoms with Crippen LogP contribution in [-0.2, 0) is 9.63 Å². The molecule has 1 amide bonds. The quantitative estimate of drug-likeness (QED) is 0.517. The minimum Gasteiger partial charge on any atom is -0.493 e. The number of benzene rings is 2. The summed E-state index contributed by atoms with van der Waals surface area (Å²) >= 11 is 0. The molecule has 0 aliphatic rings. The number of rotatable bonds is 9. The van der Waals surface area contributed by atoms with Crippen molar-refractivity contribution in [3.8, 4) is 11.5 Å². The van der Waals surface area contributed by atoms with Crippen LogP contribution in [0.15, 0.2) is 41.6 Å². The molecule has 0 aliphatic carbocycles. The number of amides is 1. The average Bonchev–Trinajstić information content (AvgIpc) is 2.66. The van der Waals surface area contributed by atoms with Gasteiger partial charge in [0.15, 0.2) is 18.1 Å². The van der Waals surface area contributed by atoms with Crippen molar-refractivity contribution < 1.29 is 23.5 Å². The Morgan fingerprint density at radius 2 is 2.00 bits per heavy atom. The summed E-state index contributed by atoms with van der Waals surface area (Å²) in [5.41, 5.74) is 1.60. The molecule has 0 saturated heterocycles. The average molecular weight is 388 g/mol. The number of aryl methyl sites for hydroxylation is 1. The number of anilines is 1. The Kier molecular flexibility index (Phi) is 7.80. The second-order valence-corrected chi connectivity index (χ2v) is 6.64. The molecule has 0 heterocycles. The van der Waals surface area contributed by atoms with Gasteiger partial charge in [0.1, 0.15) is 5.82 Å². The summed E-state index contributed by atoms with van der Waals surface area (Å²) in [7, 11) is 1.56. The predicted octanol–water partition coefficient (Wildman–Crippen LogP) is 4.17. The molecule has 0 aromatic heterocycles. The van der Waals surface area contributed by atoms with E-state index in [9.17, 15) is 9.18 Å². The predicted molar refractivity (Wildman–Crippen MR) is 107 cm³/mol. The number of oxime groups is 1. The molecule has 0 fully saturated rings. The van der Waals surface area contributed by atoms with Gasteiger partial charge in [-0.1, -0.05) is 25.1 Å². The molecule has 0 radical (unpaired) electrons. The summed E-state index contributed by atoms with van der Waals surface area (Å²) in [5, 5.41) is 6.32. The van der Waals surface area contributed by atoms with Crippen molar-refractivity contribution in [2.75, 3.05) is 25.6 Å². The molecular formula is C21H25FN2O4. The summed E-state index contributed by atoms with van der Waals surface area (Å²) in [6, 6.07) is 9.82. The van der Waals surface area contributed by atoms with E-state index in [4.69, 9.17) is 14.3 Å². The number of nitrogens with one attached hydrogen (secondary N) is 1. The van der Waals surface area contributed by atoms with Crippen LogP contribution in [0.25, 0.3) is 0 Å². The number of methoxy groups -OCH3 is 1. The van der Waals surface area contributed by atoms with Gasteiger partial charge < -0.3 is 19.6 Å². The Hall–Kier alpha value is -3.09. The molecule has 0 spiro atoms. The molecule has 2 aromatic carbocycles. The van der Waals surface area contributed by atoms with E-state index in [-0.39, 0.29) is 12.4 Å². The molecule has 2 rings (SSSR count). The van der Waals surface area contributed by atoms with Gasteiger partial charge in [0, 0.05) is 11.3 Å². The van der Waals surface area contributed by atoms with Crippen LogP contribution >= 0.6 is 0 Å². The van der Waals surface area contributed by atoms with Gasteiger partial charge in [-0.2, -0.15) is 0 Å². The third kappa shape index (κ3) is 6.57. The highest BCUT2D eigenvalue weighted by atomic mass is 19.1. The van der Waals surface area contributed by atoms with E-state index in [0.29, 0.717) is 35.3 Å². The van der Waals surface area contributed by atoms with E-state index in [1.54, 1.807) is 44.4 Å². The molecule has 2 aromatic rings. The minimum absolute atomic E-state index is 0.293. The number of hydrogen-bond acceptors (Lipinski definition) is 5. The van der Waals surface area contributed by atoms with Crippen molar-refractivity contribution >= 4 is 17.8 Å². The third-order valence-electron chi connectivity index (χ3n) is 3.69. The maximum absolute atomic E-state index is 13.5. The van der Waals surface area contributed by atoms with Gasteiger partial charge in [0.25, 0.3) is 5.91 Å². The molecular weight excluding hydrogens is 363 g/mol. The standard InChI is InChI=1S/C21H25FN2O4/c1-14(2)12-27-19-8-6-16(9-20(19)26-4)11-23-28-13-21(25)24-17-7-5-15(3)18(22)10-17/h5-11,14H,12-13H2,1-4H3,(H,24,25)/b23-11-. The highest BCUT2D eigenvalue weighted by molar-refractivity contribution is 5.91. The molecule has 0 bridgehead atoms. The van der Waals surface area contributed by atoms with E-state index >= 15 is 0 Å². The fourth-order valence-electron chi connectivity index (χ4n) is 2.20. The highest BCUT2D eigenvalue weighted by Crippen LogP contribution is 2.28. The monoisotopic (exact) mass is 388 g/mol. The van der Waals surface area contributed by atoms with Gasteiger partial charge in [0.05, 0.1) is 19.9 Å². The molecule has 0 atom stereocenters. The normalized spacial score (nSPS) is 10.9. The number of halogens is 1. The lowest BCUT2D eigenvalue weighted by Crippen LogP contribution is -2.17. The lowest BCUT2D eigenvalue weighted by Gasteiger charge is -2.12. The Balaban J connectivity index is 1.86. The van der Waals surface area contributed by atoms with Crippen LogP contribution in [0, 0.1) is 18.7 Å². The number of carbonyl (C=O) groups excluding carboxylic acids is 1. The van der Waals surface area contributed by atoms with Crippen molar-refractivity contribution in [1.82, 2.24) is 0 Å². The lowest BCUT2D eigenvalue weighted by molar-refractivity contribution is -0.120. The van der Waals surface area contributed by atoms with Crippen LogP contribution in [0.3, 0.4) is 0 Å². The molecule has 7 heteroatoms. The van der Waals surface area contributed by atoms with Crippen molar-refractivity contribution in [1.29, 1.82) is 0 Å². The zero-order chi connectivity index (χ0) is 20.5. The van der Waals surface area contributed by atoms with Gasteiger partial charge in [-0.05, 0) is 48.7 Å². The number of ether oxygens (including phenoxy) is 2. The molecule has 0 unspecified atom stereocenters. The third-order valence-corrected chi connectivity index (χ3v) is 3.69. The number of nitrogens with zero attached hydrogens (tertiary/aromatic N) is 1. The first-order valence-electron chi connectivity index (χ1n) is 8.91. The van der Waals surface area contributed by atoms with E-state index in [0.717, 1.165) is 5.56 Å². The summed E-state index contributed by atoms with van der Waals surface area (Å²) in [6.07, 6.45) is 1.47. The smallest absolute Gasteiger partial charge is 0.265 e. The van der Waals surface area contributed by atoms with Gasteiger partial charge in [-0.3, -0.25) is 4.79 Å². The Labute approximate surface area is 164 Å². The van der Waals surface area contributed by atoms with E-state index in [1.807, 2.05) is 0 Å². The van der Waals surface area contributed by atoms with Crippen molar-refractivity contribution in [2.24, 2.45) is 11.1 Å². The molecule has 0 aliphatic heterocycles. The Morgan fingerprint density at radius 3 is 2.68 bits per heavy atom. The van der Waals surface area contributed by atoms with Crippen LogP contribution in [0.4, 0.5) is 10.1 Å². The van der Waals surface area contributed by atoms with Gasteiger partial charge >= 0.3 is 0 Å². The Bertz CT molecular complexity index is 837. The molecule has 6 nitrogen and oxygen atoms in total. The van der Waals surface area contributed by atoms with Crippen LogP contribution in [-0.4, -0.2) is 32.4 Å². The van der Waals surface area contributed by atoms with E-state index in [1.165, 1.54) is 12.3 Å². The summed E-state index contributed by atoms with van der Waals surface area (Å²) < 4.78 is 24.5. The zero-order valence-corrected chi connectivity index (χ0v) is 16.5. The van der Waals surface area contributed by atoms with Crippen molar-refractivity contribution in [3.05, 3.63) is 53.3 Å². The van der Waals surface area contributed by atoms with Gasteiger partial charge in [0.2, 0.25) is 0 Å². The van der Waals surface area contributed by atoms with Crippen LogP contribution in [0.2, 0.25) is 0 Å². The second-order valence-electron chi connectivity index (χ2n) is 6.64. The first-order chi connectivity index (χ1) is 13.4. The summed E-state index contributed by atoms with van der Waals surface area (Å²) in [5.74, 6) is 0.825. The SMILES string of the molecule is COc1cc(/C=N\OCC(=O)Nc2ccc(C)c(F)c2)ccc1OCC(C)C. The van der Waals surface area contributed by atoms with Crippen molar-refractivity contribution in [2.45, 2.75) is 20.8 Å². The van der Waals surface area contributed by atoms with Gasteiger partial charge in [-0.25, -0.2) is 4.39 Å². The highest BCUT2D eigenvalue weighted by Gasteiger charge is 2.07. The lowest BCUT2D eigenvalue weighted by atomic mass is 10.2. The first kappa shape index (κ1) is 21.2. The van der Waals surface area contributed by atoms with Crippen LogP contribution < -0.4 is 14.8 Å². The first-order valence-corrected chi connectivity index (χ1v) is 8.91. The fourth-order valence-corrected chi connectivity index (χ4v) is 2.20. The molecule has 150 valence electrons. The molecule has 1 N–H and O–H groups in total. The maximum atomic E-state index is 13.5. The van der Waals surface area contributed by atoms with E-state index in [2.05, 4.69) is 24.3 Å². The largest absolute Gasteiger partial charge is 0.493 e. The Morgan fingerprint density at radius 1 is 1.21 bits per heavy atom. The summed E-state index contributed by atoms with van der Waals surface area (Å²) in [6.45, 7) is 6.08. The van der Waals surface area contributed by atoms with Crippen LogP contribution in [0.5, 0.6) is 11.5 Å². The molecule has 0 saturated carbocycles. The number of carbonyl (C=O) groups is 1. The van der Waals surface area contributed by atoms with Gasteiger partial charge in [-0.15, -0.1) is 0 Å². The fraction of sp³-hybridized carbons (Fsp3) is 0.333.